The summed E-state index contributed by atoms with van der Waals surface area (Å²) >= 11 is 13.2. The summed E-state index contributed by atoms with van der Waals surface area (Å²) < 4.78 is 12.5. The van der Waals surface area contributed by atoms with Crippen LogP contribution in [0, 0.1) is 23.7 Å². The molecule has 2 saturated carbocycles. The van der Waals surface area contributed by atoms with Gasteiger partial charge in [0, 0.05) is 24.0 Å². The molecule has 4 atom stereocenters. The van der Waals surface area contributed by atoms with Gasteiger partial charge in [0.1, 0.15) is 0 Å². The summed E-state index contributed by atoms with van der Waals surface area (Å²) in [6.45, 7) is 24.5. The molecular weight excluding hydrogens is 547 g/mol. The Morgan fingerprint density at radius 3 is 1.16 bits per heavy atom. The van der Waals surface area contributed by atoms with Crippen molar-refractivity contribution in [2.45, 2.75) is 141 Å². The molecule has 0 aromatic heterocycles. The van der Waals surface area contributed by atoms with E-state index in [1.54, 1.807) is 0 Å². The summed E-state index contributed by atoms with van der Waals surface area (Å²) in [5.41, 5.74) is 2.42. The van der Waals surface area contributed by atoms with E-state index in [4.69, 9.17) is 42.0 Å². The van der Waals surface area contributed by atoms with Gasteiger partial charge in [-0.3, -0.25) is 9.98 Å². The molecule has 0 aromatic carbocycles. The van der Waals surface area contributed by atoms with E-state index in [-0.39, 0.29) is 10.8 Å². The number of hydrogen-bond donors (Lipinski definition) is 0. The third-order valence-electron chi connectivity index (χ3n) is 7.97. The quantitative estimate of drug-likeness (QED) is 0.0909. The lowest BCUT2D eigenvalue weighted by atomic mass is 9.78. The lowest BCUT2D eigenvalue weighted by molar-refractivity contribution is 0.255. The van der Waals surface area contributed by atoms with Crippen molar-refractivity contribution in [1.29, 1.82) is 0 Å². The normalized spacial score (nSPS) is 34.0. The van der Waals surface area contributed by atoms with Gasteiger partial charge in [0.2, 0.25) is 0 Å². The Bertz CT molecular complexity index is 693. The number of halogens is 2. The van der Waals surface area contributed by atoms with Gasteiger partial charge >= 0.3 is 0 Å². The molecule has 8 heteroatoms. The first-order valence-electron chi connectivity index (χ1n) is 15.3. The van der Waals surface area contributed by atoms with Gasteiger partial charge in [-0.25, -0.2) is 0 Å². The Kier molecular flexibility index (Phi) is 14.1. The van der Waals surface area contributed by atoms with E-state index in [0.29, 0.717) is 35.8 Å². The highest BCUT2D eigenvalue weighted by molar-refractivity contribution is 6.70. The fourth-order valence-corrected chi connectivity index (χ4v) is 8.79. The van der Waals surface area contributed by atoms with Gasteiger partial charge in [0.25, 0.3) is 0 Å². The van der Waals surface area contributed by atoms with Gasteiger partial charge in [-0.15, -0.1) is 23.2 Å². The minimum Gasteiger partial charge on any atom is -0.418 e. The smallest absolute Gasteiger partial charge is 0.183 e. The second-order valence-electron chi connectivity index (χ2n) is 14.3. The zero-order valence-electron chi connectivity index (χ0n) is 26.2. The maximum absolute atomic E-state index is 6.60. The van der Waals surface area contributed by atoms with Gasteiger partial charge in [0.15, 0.2) is 16.6 Å². The predicted molar refractivity (Wildman–Crippen MR) is 174 cm³/mol. The molecule has 2 fully saturated rings. The molecule has 4 nitrogen and oxygen atoms in total. The summed E-state index contributed by atoms with van der Waals surface area (Å²) in [6.07, 6.45) is 7.97. The third kappa shape index (κ3) is 12.4. The van der Waals surface area contributed by atoms with Crippen LogP contribution in [0.15, 0.2) is 9.98 Å². The van der Waals surface area contributed by atoms with Crippen LogP contribution in [0.2, 0.25) is 39.3 Å². The number of nitrogens with zero attached hydrogens (tertiary/aromatic N) is 2. The van der Waals surface area contributed by atoms with E-state index in [2.05, 4.69) is 67.0 Å². The largest absolute Gasteiger partial charge is 0.418 e. The van der Waals surface area contributed by atoms with Crippen molar-refractivity contribution in [3.05, 3.63) is 0 Å². The van der Waals surface area contributed by atoms with Gasteiger partial charge in [-0.2, -0.15) is 0 Å². The Hall–Kier alpha value is 0.274. The third-order valence-corrected chi connectivity index (χ3v) is 10.8. The van der Waals surface area contributed by atoms with E-state index < -0.39 is 16.6 Å². The summed E-state index contributed by atoms with van der Waals surface area (Å²) in [7, 11) is -3.08. The van der Waals surface area contributed by atoms with Crippen molar-refractivity contribution in [2.24, 2.45) is 33.7 Å². The van der Waals surface area contributed by atoms with E-state index >= 15 is 0 Å². The van der Waals surface area contributed by atoms with E-state index in [1.807, 2.05) is 0 Å². The van der Waals surface area contributed by atoms with Crippen LogP contribution >= 0.6 is 23.2 Å². The maximum Gasteiger partial charge on any atom is 0.183 e. The van der Waals surface area contributed by atoms with Crippen LogP contribution < -0.4 is 0 Å². The Balaban J connectivity index is 2.38. The molecule has 2 rings (SSSR count). The molecule has 222 valence electrons. The van der Waals surface area contributed by atoms with Crippen LogP contribution in [-0.2, 0) is 8.85 Å². The first-order chi connectivity index (χ1) is 17.6. The Labute approximate surface area is 247 Å². The van der Waals surface area contributed by atoms with Crippen molar-refractivity contribution in [3.63, 3.8) is 0 Å². The predicted octanol–water partition coefficient (Wildman–Crippen LogP) is 9.22. The molecule has 0 amide bonds. The SMILES string of the molecule is CC1CC(Cl)CC(C)C1N=C(CCCO[Si](C)(C)C)C(CCCO[Si](C)(C)C)=NC1C(C)CC(Cl)CC1C. The summed E-state index contributed by atoms with van der Waals surface area (Å²) in [5, 5.41) is 0.527. The summed E-state index contributed by atoms with van der Waals surface area (Å²) in [4.78, 5) is 11.1. The monoisotopic (exact) mass is 604 g/mol. The molecule has 2 aliphatic carbocycles. The molecule has 0 aliphatic heterocycles. The summed E-state index contributed by atoms with van der Waals surface area (Å²) in [6, 6.07) is 0.601. The summed E-state index contributed by atoms with van der Waals surface area (Å²) in [5.74, 6) is 1.93. The zero-order valence-corrected chi connectivity index (χ0v) is 29.7. The molecule has 2 aliphatic rings. The topological polar surface area (TPSA) is 43.2 Å². The lowest BCUT2D eigenvalue weighted by Gasteiger charge is -2.36. The van der Waals surface area contributed by atoms with Gasteiger partial charge < -0.3 is 8.85 Å². The van der Waals surface area contributed by atoms with Crippen LogP contribution in [-0.4, -0.2) is 64.1 Å². The van der Waals surface area contributed by atoms with Crippen molar-refractivity contribution in [3.8, 4) is 0 Å². The van der Waals surface area contributed by atoms with E-state index in [0.717, 1.165) is 64.6 Å². The average Bonchev–Trinajstić information content (AvgIpc) is 2.74. The van der Waals surface area contributed by atoms with Crippen LogP contribution in [0.25, 0.3) is 0 Å². The van der Waals surface area contributed by atoms with E-state index in [1.165, 1.54) is 11.4 Å². The number of hydrogen-bond acceptors (Lipinski definition) is 4. The molecule has 38 heavy (non-hydrogen) atoms. The molecule has 0 spiro atoms. The van der Waals surface area contributed by atoms with Crippen LogP contribution in [0.4, 0.5) is 0 Å². The number of alkyl halides is 2. The number of rotatable bonds is 13. The van der Waals surface area contributed by atoms with Gasteiger partial charge in [-0.1, -0.05) is 27.7 Å². The minimum atomic E-state index is -1.54. The standard InChI is InChI=1S/C30H58Cl2N2O2Si2/c1-21-17-25(31)18-22(2)29(21)33-27(13-11-15-35-37(5,6)7)28(14-12-16-36-38(8,9)10)34-30-23(3)19-26(32)20-24(30)4/h21-26,29-30H,11-20H2,1-10H3. The van der Waals surface area contributed by atoms with Crippen LogP contribution in [0.5, 0.6) is 0 Å². The van der Waals surface area contributed by atoms with Crippen molar-refractivity contribution in [1.82, 2.24) is 0 Å². The highest BCUT2D eigenvalue weighted by Crippen LogP contribution is 2.36. The first kappa shape index (κ1) is 34.5. The van der Waals surface area contributed by atoms with Gasteiger partial charge in [-0.05, 0) is 114 Å². The lowest BCUT2D eigenvalue weighted by Crippen LogP contribution is -2.37. The fourth-order valence-electron chi connectivity index (χ4n) is 6.16. The molecule has 0 bridgehead atoms. The first-order valence-corrected chi connectivity index (χ1v) is 22.9. The second kappa shape index (κ2) is 15.5. The molecule has 0 N–H and O–H groups in total. The van der Waals surface area contributed by atoms with Crippen molar-refractivity contribution in [2.75, 3.05) is 13.2 Å². The molecule has 0 heterocycles. The highest BCUT2D eigenvalue weighted by Gasteiger charge is 2.35. The highest BCUT2D eigenvalue weighted by atomic mass is 35.5. The Morgan fingerprint density at radius 1 is 0.605 bits per heavy atom. The van der Waals surface area contributed by atoms with Crippen LogP contribution in [0.3, 0.4) is 0 Å². The van der Waals surface area contributed by atoms with Gasteiger partial charge in [0.05, 0.1) is 23.5 Å². The van der Waals surface area contributed by atoms with Crippen molar-refractivity contribution >= 4 is 51.3 Å². The minimum absolute atomic E-state index is 0.263. The molecule has 0 aromatic rings. The Morgan fingerprint density at radius 2 is 0.895 bits per heavy atom. The van der Waals surface area contributed by atoms with Crippen LogP contribution in [0.1, 0.15) is 79.1 Å². The molecular formula is C30H58Cl2N2O2Si2. The second-order valence-corrected chi connectivity index (χ2v) is 24.6. The molecule has 0 saturated heterocycles. The maximum atomic E-state index is 6.60. The zero-order chi connectivity index (χ0) is 28.7. The van der Waals surface area contributed by atoms with E-state index in [9.17, 15) is 0 Å². The fraction of sp³-hybridized carbons (Fsp3) is 0.933. The molecule has 0 radical (unpaired) electrons. The number of aliphatic imine (C=N–C) groups is 2. The van der Waals surface area contributed by atoms with Crippen molar-refractivity contribution < 1.29 is 8.85 Å². The average molecular weight is 606 g/mol. The molecule has 4 unspecified atom stereocenters.